The molecule has 8 heteroatoms. The van der Waals surface area contributed by atoms with Crippen molar-refractivity contribution in [3.63, 3.8) is 0 Å². The lowest BCUT2D eigenvalue weighted by Gasteiger charge is -2.12. The standard InChI is InChI=1S/C17H19F3N2O2S/c1-12(2)25(23,24)22-15-8-6-13(7-9-15)11-21-16-5-3-4-14(10-16)17(18,19)20/h3-10,12,21-22H,11H2,1-2H3. The Kier molecular flexibility index (Phi) is 5.62. The van der Waals surface area contributed by atoms with Gasteiger partial charge in [-0.2, -0.15) is 13.2 Å². The molecule has 0 saturated heterocycles. The van der Waals surface area contributed by atoms with E-state index in [2.05, 4.69) is 10.0 Å². The predicted octanol–water partition coefficient (Wildman–Crippen LogP) is 4.47. The van der Waals surface area contributed by atoms with Gasteiger partial charge in [0, 0.05) is 17.9 Å². The molecule has 2 aromatic carbocycles. The highest BCUT2D eigenvalue weighted by Gasteiger charge is 2.30. The SMILES string of the molecule is CC(C)S(=O)(=O)Nc1ccc(CNc2cccc(C(F)(F)F)c2)cc1. The Bertz CT molecular complexity index is 817. The lowest BCUT2D eigenvalue weighted by molar-refractivity contribution is -0.137. The summed E-state index contributed by atoms with van der Waals surface area (Å²) in [6.45, 7) is 3.48. The minimum absolute atomic E-state index is 0.318. The molecule has 0 spiro atoms. The fourth-order valence-corrected chi connectivity index (χ4v) is 2.68. The molecule has 25 heavy (non-hydrogen) atoms. The number of alkyl halides is 3. The van der Waals surface area contributed by atoms with Crippen LogP contribution in [0.5, 0.6) is 0 Å². The van der Waals surface area contributed by atoms with Crippen LogP contribution >= 0.6 is 0 Å². The maximum atomic E-state index is 12.7. The number of hydrogen-bond donors (Lipinski definition) is 2. The summed E-state index contributed by atoms with van der Waals surface area (Å²) in [7, 11) is -3.41. The van der Waals surface area contributed by atoms with Crippen LogP contribution < -0.4 is 10.0 Å². The van der Waals surface area contributed by atoms with Gasteiger partial charge in [-0.3, -0.25) is 4.72 Å². The summed E-state index contributed by atoms with van der Waals surface area (Å²) in [5.41, 5.74) is 0.900. The molecule has 0 aliphatic carbocycles. The molecule has 136 valence electrons. The van der Waals surface area contributed by atoms with E-state index in [1.165, 1.54) is 6.07 Å². The van der Waals surface area contributed by atoms with E-state index in [1.807, 2.05) is 0 Å². The molecule has 0 aliphatic rings. The summed E-state index contributed by atoms with van der Waals surface area (Å²) in [5, 5.41) is 2.37. The molecule has 0 fully saturated rings. The van der Waals surface area contributed by atoms with Crippen LogP contribution in [0.4, 0.5) is 24.5 Å². The first-order chi connectivity index (χ1) is 11.6. The summed E-state index contributed by atoms with van der Waals surface area (Å²) in [6, 6.07) is 11.6. The van der Waals surface area contributed by atoms with E-state index in [0.717, 1.165) is 17.7 Å². The van der Waals surface area contributed by atoms with Crippen LogP contribution in [0.1, 0.15) is 25.0 Å². The van der Waals surface area contributed by atoms with Gasteiger partial charge >= 0.3 is 6.18 Å². The number of hydrogen-bond acceptors (Lipinski definition) is 3. The van der Waals surface area contributed by atoms with E-state index in [0.29, 0.717) is 17.9 Å². The van der Waals surface area contributed by atoms with Crippen LogP contribution in [0.25, 0.3) is 0 Å². The van der Waals surface area contributed by atoms with E-state index in [1.54, 1.807) is 44.2 Å². The van der Waals surface area contributed by atoms with Gasteiger partial charge < -0.3 is 5.32 Å². The second-order valence-electron chi connectivity index (χ2n) is 5.82. The van der Waals surface area contributed by atoms with Crippen molar-refractivity contribution in [2.75, 3.05) is 10.0 Å². The second kappa shape index (κ2) is 7.35. The third kappa shape index (κ3) is 5.38. The van der Waals surface area contributed by atoms with Crippen molar-refractivity contribution < 1.29 is 21.6 Å². The van der Waals surface area contributed by atoms with Crippen molar-refractivity contribution in [1.29, 1.82) is 0 Å². The Morgan fingerprint density at radius 1 is 1.00 bits per heavy atom. The number of nitrogens with one attached hydrogen (secondary N) is 2. The maximum Gasteiger partial charge on any atom is 0.416 e. The first-order valence-corrected chi connectivity index (χ1v) is 9.14. The highest BCUT2D eigenvalue weighted by Crippen LogP contribution is 2.30. The zero-order valence-electron chi connectivity index (χ0n) is 13.8. The molecule has 0 aliphatic heterocycles. The van der Waals surface area contributed by atoms with Crippen molar-refractivity contribution in [3.05, 3.63) is 59.7 Å². The van der Waals surface area contributed by atoms with Crippen molar-refractivity contribution in [3.8, 4) is 0 Å². The average Bonchev–Trinajstić information content (AvgIpc) is 2.53. The zero-order chi connectivity index (χ0) is 18.7. The smallest absolute Gasteiger partial charge is 0.381 e. The minimum atomic E-state index is -4.38. The van der Waals surface area contributed by atoms with Crippen LogP contribution in [0.15, 0.2) is 48.5 Å². The Morgan fingerprint density at radius 3 is 2.20 bits per heavy atom. The molecule has 0 aromatic heterocycles. The lowest BCUT2D eigenvalue weighted by atomic mass is 10.1. The van der Waals surface area contributed by atoms with Crippen LogP contribution in [-0.2, 0) is 22.7 Å². The van der Waals surface area contributed by atoms with Gasteiger partial charge in [0.15, 0.2) is 0 Å². The molecule has 2 rings (SSSR count). The molecular weight excluding hydrogens is 353 g/mol. The van der Waals surface area contributed by atoms with Crippen molar-refractivity contribution in [2.45, 2.75) is 31.8 Å². The van der Waals surface area contributed by atoms with Crippen LogP contribution in [0, 0.1) is 0 Å². The minimum Gasteiger partial charge on any atom is -0.381 e. The Morgan fingerprint density at radius 2 is 1.64 bits per heavy atom. The van der Waals surface area contributed by atoms with E-state index >= 15 is 0 Å². The van der Waals surface area contributed by atoms with Gasteiger partial charge in [-0.05, 0) is 49.7 Å². The molecule has 0 radical (unpaired) electrons. The molecule has 0 heterocycles. The van der Waals surface area contributed by atoms with E-state index in [-0.39, 0.29) is 0 Å². The quantitative estimate of drug-likeness (QED) is 0.787. The number of anilines is 2. The number of rotatable bonds is 6. The molecule has 4 nitrogen and oxygen atoms in total. The summed E-state index contributed by atoms with van der Waals surface area (Å²) < 4.78 is 64.1. The zero-order valence-corrected chi connectivity index (χ0v) is 14.6. The average molecular weight is 372 g/mol. The molecule has 2 aromatic rings. The topological polar surface area (TPSA) is 58.2 Å². The first-order valence-electron chi connectivity index (χ1n) is 7.59. The third-order valence-electron chi connectivity index (χ3n) is 3.52. The fraction of sp³-hybridized carbons (Fsp3) is 0.294. The Balaban J connectivity index is 2.01. The first kappa shape index (κ1) is 19.1. The van der Waals surface area contributed by atoms with Gasteiger partial charge in [0.25, 0.3) is 0 Å². The largest absolute Gasteiger partial charge is 0.416 e. The molecular formula is C17H19F3N2O2S. The highest BCUT2D eigenvalue weighted by atomic mass is 32.2. The Hall–Kier alpha value is -2.22. The van der Waals surface area contributed by atoms with Gasteiger partial charge in [0.05, 0.1) is 10.8 Å². The monoisotopic (exact) mass is 372 g/mol. The third-order valence-corrected chi connectivity index (χ3v) is 5.28. The second-order valence-corrected chi connectivity index (χ2v) is 8.06. The van der Waals surface area contributed by atoms with E-state index in [9.17, 15) is 21.6 Å². The van der Waals surface area contributed by atoms with Gasteiger partial charge in [0.1, 0.15) is 0 Å². The normalized spacial score (nSPS) is 12.2. The lowest BCUT2D eigenvalue weighted by Crippen LogP contribution is -2.22. The maximum absolute atomic E-state index is 12.7. The molecule has 0 atom stereocenters. The van der Waals surface area contributed by atoms with E-state index in [4.69, 9.17) is 0 Å². The predicted molar refractivity (Wildman–Crippen MR) is 92.9 cm³/mol. The molecule has 0 bridgehead atoms. The van der Waals surface area contributed by atoms with E-state index < -0.39 is 27.0 Å². The van der Waals surface area contributed by atoms with Gasteiger partial charge in [-0.25, -0.2) is 8.42 Å². The van der Waals surface area contributed by atoms with Crippen molar-refractivity contribution >= 4 is 21.4 Å². The van der Waals surface area contributed by atoms with Crippen LogP contribution in [0.3, 0.4) is 0 Å². The summed E-state index contributed by atoms with van der Waals surface area (Å²) in [6.07, 6.45) is -4.38. The molecule has 2 N–H and O–H groups in total. The number of sulfonamides is 1. The fourth-order valence-electron chi connectivity index (χ4n) is 1.98. The number of benzene rings is 2. The van der Waals surface area contributed by atoms with Crippen molar-refractivity contribution in [1.82, 2.24) is 0 Å². The molecule has 0 amide bonds. The molecule has 0 unspecified atom stereocenters. The molecule has 0 saturated carbocycles. The summed E-state index contributed by atoms with van der Waals surface area (Å²) in [4.78, 5) is 0. The van der Waals surface area contributed by atoms with Gasteiger partial charge in [-0.15, -0.1) is 0 Å². The summed E-state index contributed by atoms with van der Waals surface area (Å²) in [5.74, 6) is 0. The van der Waals surface area contributed by atoms with Gasteiger partial charge in [-0.1, -0.05) is 18.2 Å². The van der Waals surface area contributed by atoms with Crippen LogP contribution in [0.2, 0.25) is 0 Å². The summed E-state index contributed by atoms with van der Waals surface area (Å²) >= 11 is 0. The number of halogens is 3. The highest BCUT2D eigenvalue weighted by molar-refractivity contribution is 7.93. The van der Waals surface area contributed by atoms with Gasteiger partial charge in [0.2, 0.25) is 10.0 Å². The van der Waals surface area contributed by atoms with Crippen LogP contribution in [-0.4, -0.2) is 13.7 Å². The Labute approximate surface area is 145 Å². The van der Waals surface area contributed by atoms with Crippen molar-refractivity contribution in [2.24, 2.45) is 0 Å².